The summed E-state index contributed by atoms with van der Waals surface area (Å²) >= 11 is 1.69. The van der Waals surface area contributed by atoms with Gasteiger partial charge in [0.05, 0.1) is 5.88 Å². The highest BCUT2D eigenvalue weighted by Crippen LogP contribution is 2.32. The highest BCUT2D eigenvalue weighted by molar-refractivity contribution is 7.99. The summed E-state index contributed by atoms with van der Waals surface area (Å²) in [6, 6.07) is 0.644. The van der Waals surface area contributed by atoms with Crippen molar-refractivity contribution in [1.82, 2.24) is 14.7 Å². The van der Waals surface area contributed by atoms with Crippen LogP contribution in [-0.4, -0.2) is 75.9 Å². The van der Waals surface area contributed by atoms with E-state index >= 15 is 0 Å². The number of thioether (sulfide) groups is 1. The summed E-state index contributed by atoms with van der Waals surface area (Å²) in [5, 5.41) is 0. The van der Waals surface area contributed by atoms with Gasteiger partial charge in [-0.2, -0.15) is 0 Å². The van der Waals surface area contributed by atoms with Gasteiger partial charge in [0.25, 0.3) is 0 Å². The van der Waals surface area contributed by atoms with Crippen molar-refractivity contribution < 1.29 is 9.59 Å². The standard InChI is InChI=1S/C16H27N3O2S/c1-3-17-8-4-6-13(17)14-7-5-9-18(14)16(21)15-10-22-11-19(15)12(2)20/h13-15H,3-11H2,1-2H3/t13-,14-,15+/m1/s1. The van der Waals surface area contributed by atoms with Gasteiger partial charge in [-0.1, -0.05) is 6.92 Å². The van der Waals surface area contributed by atoms with E-state index in [9.17, 15) is 9.59 Å². The van der Waals surface area contributed by atoms with Crippen LogP contribution in [0.4, 0.5) is 0 Å². The van der Waals surface area contributed by atoms with Crippen LogP contribution in [0, 0.1) is 0 Å². The van der Waals surface area contributed by atoms with Gasteiger partial charge in [-0.05, 0) is 38.8 Å². The first-order valence-corrected chi connectivity index (χ1v) is 9.68. The van der Waals surface area contributed by atoms with Crippen molar-refractivity contribution in [3.63, 3.8) is 0 Å². The van der Waals surface area contributed by atoms with Crippen LogP contribution < -0.4 is 0 Å². The Morgan fingerprint density at radius 1 is 1.09 bits per heavy atom. The first-order chi connectivity index (χ1) is 10.6. The van der Waals surface area contributed by atoms with Crippen LogP contribution in [0.5, 0.6) is 0 Å². The maximum absolute atomic E-state index is 13.0. The van der Waals surface area contributed by atoms with Crippen molar-refractivity contribution in [1.29, 1.82) is 0 Å². The molecule has 3 heterocycles. The molecule has 3 saturated heterocycles. The molecule has 0 aromatic carbocycles. The molecule has 2 amide bonds. The van der Waals surface area contributed by atoms with E-state index in [-0.39, 0.29) is 17.9 Å². The molecular weight excluding hydrogens is 298 g/mol. The summed E-state index contributed by atoms with van der Waals surface area (Å²) in [5.41, 5.74) is 0. The molecule has 0 unspecified atom stereocenters. The smallest absolute Gasteiger partial charge is 0.246 e. The number of nitrogens with zero attached hydrogens (tertiary/aromatic N) is 3. The van der Waals surface area contributed by atoms with Gasteiger partial charge in [-0.15, -0.1) is 11.8 Å². The summed E-state index contributed by atoms with van der Waals surface area (Å²) in [6.45, 7) is 6.89. The lowest BCUT2D eigenvalue weighted by atomic mass is 10.0. The van der Waals surface area contributed by atoms with Gasteiger partial charge in [0.15, 0.2) is 0 Å². The minimum atomic E-state index is -0.237. The van der Waals surface area contributed by atoms with Crippen molar-refractivity contribution >= 4 is 23.6 Å². The number of rotatable bonds is 3. The van der Waals surface area contributed by atoms with Crippen LogP contribution >= 0.6 is 11.8 Å². The Morgan fingerprint density at radius 2 is 1.82 bits per heavy atom. The van der Waals surface area contributed by atoms with E-state index < -0.39 is 0 Å². The average Bonchev–Trinajstić information content (AvgIpc) is 3.23. The first-order valence-electron chi connectivity index (χ1n) is 8.53. The zero-order valence-electron chi connectivity index (χ0n) is 13.7. The quantitative estimate of drug-likeness (QED) is 0.786. The predicted octanol–water partition coefficient (Wildman–Crippen LogP) is 1.38. The van der Waals surface area contributed by atoms with Gasteiger partial charge >= 0.3 is 0 Å². The number of amides is 2. The van der Waals surface area contributed by atoms with Crippen LogP contribution in [0.15, 0.2) is 0 Å². The normalized spacial score (nSPS) is 32.9. The molecule has 0 radical (unpaired) electrons. The molecular formula is C16H27N3O2S. The fourth-order valence-corrected chi connectivity index (χ4v) is 5.51. The molecule has 5 nitrogen and oxygen atoms in total. The Balaban J connectivity index is 1.72. The maximum atomic E-state index is 13.0. The van der Waals surface area contributed by atoms with E-state index in [2.05, 4.69) is 16.7 Å². The van der Waals surface area contributed by atoms with Crippen LogP contribution in [0.1, 0.15) is 39.5 Å². The highest BCUT2D eigenvalue weighted by atomic mass is 32.2. The van der Waals surface area contributed by atoms with Gasteiger partial charge in [0, 0.05) is 31.3 Å². The monoisotopic (exact) mass is 325 g/mol. The number of carbonyl (C=O) groups is 2. The van der Waals surface area contributed by atoms with Gasteiger partial charge < -0.3 is 9.80 Å². The fraction of sp³-hybridized carbons (Fsp3) is 0.875. The molecule has 3 aliphatic rings. The van der Waals surface area contributed by atoms with Crippen molar-refractivity contribution in [3.8, 4) is 0 Å². The zero-order valence-corrected chi connectivity index (χ0v) is 14.5. The Labute approximate surface area is 137 Å². The van der Waals surface area contributed by atoms with Crippen molar-refractivity contribution in [2.24, 2.45) is 0 Å². The van der Waals surface area contributed by atoms with E-state index in [4.69, 9.17) is 0 Å². The minimum absolute atomic E-state index is 0.0233. The molecule has 0 aliphatic carbocycles. The Kier molecular flexibility index (Phi) is 4.97. The van der Waals surface area contributed by atoms with E-state index in [1.54, 1.807) is 23.6 Å². The summed E-state index contributed by atoms with van der Waals surface area (Å²) in [5.74, 6) is 1.62. The topological polar surface area (TPSA) is 43.9 Å². The second-order valence-corrected chi connectivity index (χ2v) is 7.58. The summed E-state index contributed by atoms with van der Waals surface area (Å²) in [4.78, 5) is 31.1. The van der Waals surface area contributed by atoms with E-state index in [1.807, 2.05) is 0 Å². The maximum Gasteiger partial charge on any atom is 0.246 e. The number of likely N-dealkylation sites (N-methyl/N-ethyl adjacent to an activating group) is 1. The molecule has 0 bridgehead atoms. The predicted molar refractivity (Wildman–Crippen MR) is 88.6 cm³/mol. The lowest BCUT2D eigenvalue weighted by Gasteiger charge is -2.36. The molecule has 6 heteroatoms. The molecule has 0 aromatic rings. The Bertz CT molecular complexity index is 445. The van der Waals surface area contributed by atoms with Crippen molar-refractivity contribution in [2.75, 3.05) is 31.3 Å². The summed E-state index contributed by atoms with van der Waals surface area (Å²) in [6.07, 6.45) is 4.67. The Morgan fingerprint density at radius 3 is 2.55 bits per heavy atom. The van der Waals surface area contributed by atoms with Crippen LogP contribution in [0.2, 0.25) is 0 Å². The Hall–Kier alpha value is -0.750. The lowest BCUT2D eigenvalue weighted by molar-refractivity contribution is -0.143. The van der Waals surface area contributed by atoms with Crippen LogP contribution in [0.25, 0.3) is 0 Å². The van der Waals surface area contributed by atoms with E-state index in [0.29, 0.717) is 18.0 Å². The highest BCUT2D eigenvalue weighted by Gasteiger charge is 2.43. The third-order valence-corrected chi connectivity index (χ3v) is 6.43. The van der Waals surface area contributed by atoms with Gasteiger partial charge in [-0.3, -0.25) is 14.5 Å². The molecule has 0 spiro atoms. The van der Waals surface area contributed by atoms with Gasteiger partial charge in [0.2, 0.25) is 11.8 Å². The van der Waals surface area contributed by atoms with E-state index in [0.717, 1.165) is 31.7 Å². The molecule has 124 valence electrons. The molecule has 22 heavy (non-hydrogen) atoms. The number of likely N-dealkylation sites (tertiary alicyclic amines) is 2. The third-order valence-electron chi connectivity index (χ3n) is 5.42. The molecule has 0 N–H and O–H groups in total. The summed E-state index contributed by atoms with van der Waals surface area (Å²) < 4.78 is 0. The second kappa shape index (κ2) is 6.79. The van der Waals surface area contributed by atoms with Crippen LogP contribution in [0.3, 0.4) is 0 Å². The lowest BCUT2D eigenvalue weighted by Crippen LogP contribution is -2.54. The summed E-state index contributed by atoms with van der Waals surface area (Å²) in [7, 11) is 0. The van der Waals surface area contributed by atoms with Gasteiger partial charge in [0.1, 0.15) is 6.04 Å². The third kappa shape index (κ3) is 2.87. The van der Waals surface area contributed by atoms with Crippen molar-refractivity contribution in [3.05, 3.63) is 0 Å². The van der Waals surface area contributed by atoms with E-state index in [1.165, 1.54) is 19.4 Å². The number of carbonyl (C=O) groups excluding carboxylic acids is 2. The zero-order chi connectivity index (χ0) is 15.7. The molecule has 0 aromatic heterocycles. The van der Waals surface area contributed by atoms with Crippen LogP contribution in [-0.2, 0) is 9.59 Å². The van der Waals surface area contributed by atoms with Crippen molar-refractivity contribution in [2.45, 2.75) is 57.7 Å². The minimum Gasteiger partial charge on any atom is -0.336 e. The first kappa shape index (κ1) is 16.1. The second-order valence-electron chi connectivity index (χ2n) is 6.58. The SMILES string of the molecule is CCN1CCC[C@@H]1[C@H]1CCCN1C(=O)[C@@H]1CSCN1C(C)=O. The fourth-order valence-electron chi connectivity index (χ4n) is 4.30. The largest absolute Gasteiger partial charge is 0.336 e. The molecule has 3 rings (SSSR count). The number of hydrogen-bond acceptors (Lipinski definition) is 4. The molecule has 3 atom stereocenters. The molecule has 3 fully saturated rings. The molecule has 3 aliphatic heterocycles. The molecule has 0 saturated carbocycles. The number of hydrogen-bond donors (Lipinski definition) is 0. The van der Waals surface area contributed by atoms with Gasteiger partial charge in [-0.25, -0.2) is 0 Å². The average molecular weight is 325 g/mol.